The molecule has 1 fully saturated rings. The van der Waals surface area contributed by atoms with E-state index in [1.807, 2.05) is 73.7 Å². The van der Waals surface area contributed by atoms with E-state index in [-0.39, 0.29) is 11.8 Å². The van der Waals surface area contributed by atoms with Crippen LogP contribution >= 0.6 is 0 Å². The van der Waals surface area contributed by atoms with Gasteiger partial charge < -0.3 is 15.5 Å². The van der Waals surface area contributed by atoms with Gasteiger partial charge in [0, 0.05) is 36.6 Å². The van der Waals surface area contributed by atoms with E-state index >= 15 is 0 Å². The van der Waals surface area contributed by atoms with Crippen molar-refractivity contribution in [2.24, 2.45) is 0 Å². The minimum Gasteiger partial charge on any atom is -0.371 e. The number of amides is 2. The van der Waals surface area contributed by atoms with Crippen molar-refractivity contribution in [1.82, 2.24) is 5.32 Å². The third-order valence-electron chi connectivity index (χ3n) is 5.99. The molecule has 2 amide bonds. The summed E-state index contributed by atoms with van der Waals surface area (Å²) in [5.41, 5.74) is 4.92. The fraction of sp³-hybridized carbons (Fsp3) is 0.286. The van der Waals surface area contributed by atoms with Crippen LogP contribution in [0.5, 0.6) is 0 Å². The highest BCUT2D eigenvalue weighted by Crippen LogP contribution is 2.28. The van der Waals surface area contributed by atoms with Gasteiger partial charge in [-0.25, -0.2) is 0 Å². The molecule has 33 heavy (non-hydrogen) atoms. The molecule has 1 saturated heterocycles. The molecule has 3 aromatic rings. The van der Waals surface area contributed by atoms with Crippen LogP contribution in [0.3, 0.4) is 0 Å². The molecule has 3 aromatic carbocycles. The molecular weight excluding hydrogens is 410 g/mol. The summed E-state index contributed by atoms with van der Waals surface area (Å²) < 4.78 is 0. The van der Waals surface area contributed by atoms with Gasteiger partial charge in [0.15, 0.2) is 0 Å². The second kappa shape index (κ2) is 10.8. The summed E-state index contributed by atoms with van der Waals surface area (Å²) in [5.74, 6) is -0.291. The molecule has 0 unspecified atom stereocenters. The van der Waals surface area contributed by atoms with Crippen LogP contribution in [0, 0.1) is 0 Å². The van der Waals surface area contributed by atoms with Crippen LogP contribution in [0.15, 0.2) is 72.8 Å². The van der Waals surface area contributed by atoms with Crippen molar-refractivity contribution in [2.75, 3.05) is 29.9 Å². The minimum absolute atomic E-state index is 0.0965. The van der Waals surface area contributed by atoms with E-state index in [2.05, 4.69) is 15.5 Å². The highest BCUT2D eigenvalue weighted by molar-refractivity contribution is 6.06. The van der Waals surface area contributed by atoms with Crippen LogP contribution in [-0.2, 0) is 0 Å². The number of hydrogen-bond donors (Lipinski definition) is 2. The lowest BCUT2D eigenvalue weighted by atomic mass is 10.0. The fourth-order valence-corrected chi connectivity index (χ4v) is 4.19. The SMILES string of the molecule is CCCNC(=O)c1cc(NC(=O)c2ccc(-c3ccccc3)cc2)ccc1N1CCCCC1. The lowest BCUT2D eigenvalue weighted by molar-refractivity contribution is 0.0952. The Morgan fingerprint density at radius 2 is 1.52 bits per heavy atom. The Bertz CT molecular complexity index is 1090. The standard InChI is InChI=1S/C28H31N3O2/c1-2-17-29-28(33)25-20-24(15-16-26(25)31-18-7-4-8-19-31)30-27(32)23-13-11-22(12-14-23)21-9-5-3-6-10-21/h3,5-6,9-16,20H,2,4,7-8,17-19H2,1H3,(H,29,33)(H,30,32). The first-order valence-electron chi connectivity index (χ1n) is 11.8. The maximum absolute atomic E-state index is 12.9. The number of hydrogen-bond acceptors (Lipinski definition) is 3. The summed E-state index contributed by atoms with van der Waals surface area (Å²) in [5, 5.41) is 5.95. The minimum atomic E-state index is -0.194. The molecule has 2 N–H and O–H groups in total. The predicted octanol–water partition coefficient (Wildman–Crippen LogP) is 5.74. The summed E-state index contributed by atoms with van der Waals surface area (Å²) in [4.78, 5) is 28.1. The van der Waals surface area contributed by atoms with E-state index in [9.17, 15) is 9.59 Å². The topological polar surface area (TPSA) is 61.4 Å². The second-order valence-corrected chi connectivity index (χ2v) is 8.43. The lowest BCUT2D eigenvalue weighted by Gasteiger charge is -2.30. The zero-order chi connectivity index (χ0) is 23.0. The summed E-state index contributed by atoms with van der Waals surface area (Å²) in [7, 11) is 0. The first-order valence-corrected chi connectivity index (χ1v) is 11.8. The maximum Gasteiger partial charge on any atom is 0.255 e. The van der Waals surface area contributed by atoms with Gasteiger partial charge in [-0.1, -0.05) is 49.4 Å². The number of anilines is 2. The van der Waals surface area contributed by atoms with Crippen LogP contribution < -0.4 is 15.5 Å². The average molecular weight is 442 g/mol. The monoisotopic (exact) mass is 441 g/mol. The van der Waals surface area contributed by atoms with Crippen LogP contribution in [0.25, 0.3) is 11.1 Å². The highest BCUT2D eigenvalue weighted by Gasteiger charge is 2.19. The normalized spacial score (nSPS) is 13.4. The third-order valence-corrected chi connectivity index (χ3v) is 5.99. The van der Waals surface area contributed by atoms with Crippen molar-refractivity contribution in [1.29, 1.82) is 0 Å². The Balaban J connectivity index is 1.53. The average Bonchev–Trinajstić information content (AvgIpc) is 2.88. The zero-order valence-corrected chi connectivity index (χ0v) is 19.1. The molecule has 0 aliphatic carbocycles. The van der Waals surface area contributed by atoms with Gasteiger partial charge in [-0.2, -0.15) is 0 Å². The summed E-state index contributed by atoms with van der Waals surface area (Å²) in [6.07, 6.45) is 4.37. The third kappa shape index (κ3) is 5.61. The smallest absolute Gasteiger partial charge is 0.255 e. The lowest BCUT2D eigenvalue weighted by Crippen LogP contribution is -2.33. The molecule has 1 aliphatic rings. The number of rotatable bonds is 7. The van der Waals surface area contributed by atoms with Gasteiger partial charge >= 0.3 is 0 Å². The van der Waals surface area contributed by atoms with Crippen LogP contribution in [0.1, 0.15) is 53.3 Å². The molecule has 1 aliphatic heterocycles. The van der Waals surface area contributed by atoms with E-state index in [4.69, 9.17) is 0 Å². The molecule has 5 heteroatoms. The Kier molecular flexibility index (Phi) is 7.40. The van der Waals surface area contributed by atoms with Gasteiger partial charge in [0.05, 0.1) is 5.56 Å². The largest absolute Gasteiger partial charge is 0.371 e. The van der Waals surface area contributed by atoms with Gasteiger partial charge in [-0.15, -0.1) is 0 Å². The Labute approximate surface area is 195 Å². The first kappa shape index (κ1) is 22.6. The molecular formula is C28H31N3O2. The zero-order valence-electron chi connectivity index (χ0n) is 19.1. The van der Waals surface area contributed by atoms with Crippen molar-refractivity contribution < 1.29 is 9.59 Å². The van der Waals surface area contributed by atoms with E-state index < -0.39 is 0 Å². The quantitative estimate of drug-likeness (QED) is 0.492. The van der Waals surface area contributed by atoms with Crippen molar-refractivity contribution in [3.8, 4) is 11.1 Å². The van der Waals surface area contributed by atoms with Crippen molar-refractivity contribution in [3.63, 3.8) is 0 Å². The van der Waals surface area contributed by atoms with E-state index in [0.717, 1.165) is 49.2 Å². The molecule has 0 aromatic heterocycles. The molecule has 170 valence electrons. The van der Waals surface area contributed by atoms with Crippen LogP contribution in [0.4, 0.5) is 11.4 Å². The van der Waals surface area contributed by atoms with Crippen molar-refractivity contribution >= 4 is 23.2 Å². The first-order chi connectivity index (χ1) is 16.2. The van der Waals surface area contributed by atoms with E-state index in [1.165, 1.54) is 6.42 Å². The molecule has 4 rings (SSSR count). The number of benzene rings is 3. The molecule has 5 nitrogen and oxygen atoms in total. The highest BCUT2D eigenvalue weighted by atomic mass is 16.2. The van der Waals surface area contributed by atoms with Gasteiger partial charge in [-0.05, 0) is 67.1 Å². The van der Waals surface area contributed by atoms with Gasteiger partial charge in [-0.3, -0.25) is 9.59 Å². The number of nitrogens with one attached hydrogen (secondary N) is 2. The fourth-order valence-electron chi connectivity index (χ4n) is 4.19. The number of carbonyl (C=O) groups is 2. The number of carbonyl (C=O) groups excluding carboxylic acids is 2. The Hall–Kier alpha value is -3.60. The summed E-state index contributed by atoms with van der Waals surface area (Å²) >= 11 is 0. The molecule has 0 radical (unpaired) electrons. The van der Waals surface area contributed by atoms with Crippen LogP contribution in [0.2, 0.25) is 0 Å². The summed E-state index contributed by atoms with van der Waals surface area (Å²) in [6.45, 7) is 4.56. The predicted molar refractivity (Wildman–Crippen MR) is 135 cm³/mol. The van der Waals surface area contributed by atoms with Gasteiger partial charge in [0.25, 0.3) is 11.8 Å². The van der Waals surface area contributed by atoms with Crippen molar-refractivity contribution in [2.45, 2.75) is 32.6 Å². The molecule has 1 heterocycles. The number of piperidine rings is 1. The Morgan fingerprint density at radius 1 is 0.818 bits per heavy atom. The van der Waals surface area contributed by atoms with Gasteiger partial charge in [0.2, 0.25) is 0 Å². The maximum atomic E-state index is 12.9. The number of nitrogens with zero attached hydrogens (tertiary/aromatic N) is 1. The van der Waals surface area contributed by atoms with E-state index in [0.29, 0.717) is 23.4 Å². The van der Waals surface area contributed by atoms with Gasteiger partial charge in [0.1, 0.15) is 0 Å². The summed E-state index contributed by atoms with van der Waals surface area (Å²) in [6, 6.07) is 23.3. The second-order valence-electron chi connectivity index (χ2n) is 8.43. The van der Waals surface area contributed by atoms with Crippen LogP contribution in [-0.4, -0.2) is 31.4 Å². The van der Waals surface area contributed by atoms with Crippen molar-refractivity contribution in [3.05, 3.63) is 83.9 Å². The Morgan fingerprint density at radius 3 is 2.21 bits per heavy atom. The molecule has 0 bridgehead atoms. The molecule has 0 spiro atoms. The molecule has 0 saturated carbocycles. The van der Waals surface area contributed by atoms with E-state index in [1.54, 1.807) is 6.07 Å². The molecule has 0 atom stereocenters.